The van der Waals surface area contributed by atoms with Crippen LogP contribution in [0.1, 0.15) is 35.3 Å². The second-order valence-electron chi connectivity index (χ2n) is 10.1. The third-order valence-electron chi connectivity index (χ3n) is 7.41. The van der Waals surface area contributed by atoms with E-state index < -0.39 is 34.0 Å². The number of aryl methyl sites for hydroxylation is 2. The van der Waals surface area contributed by atoms with Gasteiger partial charge in [0.15, 0.2) is 0 Å². The summed E-state index contributed by atoms with van der Waals surface area (Å²) in [4.78, 5) is 1.73. The predicted octanol–water partition coefficient (Wildman–Crippen LogP) is 5.16. The van der Waals surface area contributed by atoms with Gasteiger partial charge in [0.1, 0.15) is 10.7 Å². The summed E-state index contributed by atoms with van der Waals surface area (Å²) in [5.41, 5.74) is 3.41. The standard InChI is InChI=1S/C27H32F4N6O2S/c1-17-11-24(34-22-7-5-21(28)6-8-22)20(13-32)12-23(17)25-16-37(10-9-36(25)15-18(2)27(29,30)31)40(38,39)26-14-33-35(4)19(26)3/h5-8,11-14,18,25,32,34H,9-10,15-16H2,1-4H3/t18?,25-/m0/s1. The largest absolute Gasteiger partial charge is 0.392 e. The molecule has 1 aliphatic heterocycles. The number of alkyl halides is 3. The normalized spacial score (nSPS) is 18.1. The lowest BCUT2D eigenvalue weighted by Gasteiger charge is -2.42. The topological polar surface area (TPSA) is 94.3 Å². The molecule has 4 rings (SSSR count). The molecule has 0 spiro atoms. The lowest BCUT2D eigenvalue weighted by molar-refractivity contribution is -0.176. The Balaban J connectivity index is 1.73. The van der Waals surface area contributed by atoms with Crippen molar-refractivity contribution in [2.75, 3.05) is 31.5 Å². The number of hydrogen-bond donors (Lipinski definition) is 2. The highest BCUT2D eigenvalue weighted by Gasteiger charge is 2.42. The van der Waals surface area contributed by atoms with Crippen LogP contribution in [0.2, 0.25) is 0 Å². The van der Waals surface area contributed by atoms with E-state index in [9.17, 15) is 26.0 Å². The van der Waals surface area contributed by atoms with Gasteiger partial charge in [0.2, 0.25) is 10.0 Å². The van der Waals surface area contributed by atoms with E-state index in [2.05, 4.69) is 10.4 Å². The highest BCUT2D eigenvalue weighted by Crippen LogP contribution is 2.36. The molecule has 0 radical (unpaired) electrons. The van der Waals surface area contributed by atoms with Crippen LogP contribution in [0.4, 0.5) is 28.9 Å². The highest BCUT2D eigenvalue weighted by atomic mass is 32.2. The lowest BCUT2D eigenvalue weighted by atomic mass is 9.94. The first-order valence-electron chi connectivity index (χ1n) is 12.7. The number of sulfonamides is 1. The summed E-state index contributed by atoms with van der Waals surface area (Å²) < 4.78 is 83.9. The summed E-state index contributed by atoms with van der Waals surface area (Å²) in [6.45, 7) is 4.31. The van der Waals surface area contributed by atoms with Crippen LogP contribution in [-0.4, -0.2) is 66.0 Å². The first kappa shape index (κ1) is 29.7. The molecule has 2 N–H and O–H groups in total. The van der Waals surface area contributed by atoms with Crippen LogP contribution in [0.5, 0.6) is 0 Å². The minimum absolute atomic E-state index is 0.0262. The van der Waals surface area contributed by atoms with E-state index >= 15 is 0 Å². The Hall–Kier alpha value is -3.29. The molecule has 0 saturated carbocycles. The molecule has 1 aliphatic rings. The van der Waals surface area contributed by atoms with Crippen molar-refractivity contribution in [3.63, 3.8) is 0 Å². The fourth-order valence-electron chi connectivity index (χ4n) is 4.87. The monoisotopic (exact) mass is 580 g/mol. The van der Waals surface area contributed by atoms with Crippen molar-refractivity contribution in [3.05, 3.63) is 70.8 Å². The van der Waals surface area contributed by atoms with Gasteiger partial charge in [0.25, 0.3) is 0 Å². The molecule has 13 heteroatoms. The molecular formula is C27H32F4N6O2S. The van der Waals surface area contributed by atoms with Gasteiger partial charge in [-0.2, -0.15) is 22.6 Å². The minimum atomic E-state index is -4.40. The van der Waals surface area contributed by atoms with Gasteiger partial charge in [0.05, 0.1) is 17.8 Å². The Bertz CT molecular complexity index is 1490. The number of benzene rings is 2. The van der Waals surface area contributed by atoms with Gasteiger partial charge in [-0.05, 0) is 61.4 Å². The average Bonchev–Trinajstić information content (AvgIpc) is 3.24. The SMILES string of the molecule is Cc1cc(Nc2ccc(F)cc2)c(C=N)cc1[C@@H]1CN(S(=O)(=O)c2cnn(C)c2C)CCN1CC(C)C(F)(F)F. The van der Waals surface area contributed by atoms with Crippen molar-refractivity contribution in [2.45, 2.75) is 37.9 Å². The molecule has 3 aromatic rings. The molecule has 1 unspecified atom stereocenters. The maximum absolute atomic E-state index is 13.6. The Morgan fingerprint density at radius 3 is 2.42 bits per heavy atom. The molecule has 2 aromatic carbocycles. The number of nitrogens with one attached hydrogen (secondary N) is 2. The van der Waals surface area contributed by atoms with E-state index in [-0.39, 0.29) is 31.1 Å². The van der Waals surface area contributed by atoms with Crippen LogP contribution in [0.25, 0.3) is 0 Å². The molecule has 0 aliphatic carbocycles. The van der Waals surface area contributed by atoms with Crippen LogP contribution >= 0.6 is 0 Å². The number of hydrogen-bond acceptors (Lipinski definition) is 6. The molecule has 2 heterocycles. The van der Waals surface area contributed by atoms with E-state index in [1.54, 1.807) is 50.1 Å². The van der Waals surface area contributed by atoms with Gasteiger partial charge < -0.3 is 10.7 Å². The predicted molar refractivity (Wildman–Crippen MR) is 145 cm³/mol. The number of aromatic nitrogens is 2. The zero-order valence-corrected chi connectivity index (χ0v) is 23.4. The Morgan fingerprint density at radius 1 is 1.18 bits per heavy atom. The number of anilines is 2. The van der Waals surface area contributed by atoms with E-state index in [4.69, 9.17) is 5.41 Å². The first-order valence-corrected chi connectivity index (χ1v) is 14.1. The highest BCUT2D eigenvalue weighted by molar-refractivity contribution is 7.89. The van der Waals surface area contributed by atoms with Gasteiger partial charge >= 0.3 is 6.18 Å². The van der Waals surface area contributed by atoms with Crippen molar-refractivity contribution < 1.29 is 26.0 Å². The van der Waals surface area contributed by atoms with Crippen LogP contribution in [0.3, 0.4) is 0 Å². The van der Waals surface area contributed by atoms with E-state index in [0.717, 1.165) is 13.1 Å². The summed E-state index contributed by atoms with van der Waals surface area (Å²) in [6.07, 6.45) is -2.00. The van der Waals surface area contributed by atoms with Crippen molar-refractivity contribution >= 4 is 27.6 Å². The molecule has 1 aromatic heterocycles. The van der Waals surface area contributed by atoms with Gasteiger partial charge in [0, 0.05) is 62.4 Å². The zero-order chi connectivity index (χ0) is 29.4. The van der Waals surface area contributed by atoms with Gasteiger partial charge in [-0.3, -0.25) is 9.58 Å². The number of rotatable bonds is 8. The molecule has 1 saturated heterocycles. The number of halogens is 4. The second-order valence-corrected chi connectivity index (χ2v) is 12.0. The maximum atomic E-state index is 13.6. The summed E-state index contributed by atoms with van der Waals surface area (Å²) in [7, 11) is -2.32. The van der Waals surface area contributed by atoms with Gasteiger partial charge in [-0.25, -0.2) is 12.8 Å². The molecule has 8 nitrogen and oxygen atoms in total. The van der Waals surface area contributed by atoms with Gasteiger partial charge in [-0.1, -0.05) is 6.92 Å². The number of piperazine rings is 1. The smallest absolute Gasteiger partial charge is 0.355 e. The van der Waals surface area contributed by atoms with E-state index in [1.807, 2.05) is 0 Å². The summed E-state index contributed by atoms with van der Waals surface area (Å²) >= 11 is 0. The fraction of sp³-hybridized carbons (Fsp3) is 0.407. The molecule has 2 atom stereocenters. The quantitative estimate of drug-likeness (QED) is 0.284. The average molecular weight is 581 g/mol. The van der Waals surface area contributed by atoms with E-state index in [0.29, 0.717) is 33.8 Å². The summed E-state index contributed by atoms with van der Waals surface area (Å²) in [5, 5.41) is 15.2. The van der Waals surface area contributed by atoms with Crippen LogP contribution in [-0.2, 0) is 17.1 Å². The lowest BCUT2D eigenvalue weighted by Crippen LogP contribution is -2.52. The molecular weight excluding hydrogens is 548 g/mol. The van der Waals surface area contributed by atoms with Crippen molar-refractivity contribution in [1.82, 2.24) is 19.0 Å². The molecule has 216 valence electrons. The third-order valence-corrected chi connectivity index (χ3v) is 9.37. The summed E-state index contributed by atoms with van der Waals surface area (Å²) in [6, 6.07) is 8.48. The Kier molecular flexibility index (Phi) is 8.38. The number of nitrogens with zero attached hydrogens (tertiary/aromatic N) is 4. The zero-order valence-electron chi connectivity index (χ0n) is 22.6. The van der Waals surface area contributed by atoms with Crippen molar-refractivity contribution in [1.29, 1.82) is 5.41 Å². The van der Waals surface area contributed by atoms with Crippen LogP contribution in [0.15, 0.2) is 47.5 Å². The molecule has 0 amide bonds. The maximum Gasteiger partial charge on any atom is 0.392 e. The second kappa shape index (κ2) is 11.3. The molecule has 1 fully saturated rings. The summed E-state index contributed by atoms with van der Waals surface area (Å²) in [5.74, 6) is -2.02. The Morgan fingerprint density at radius 2 is 1.85 bits per heavy atom. The first-order chi connectivity index (χ1) is 18.7. The van der Waals surface area contributed by atoms with Gasteiger partial charge in [-0.15, -0.1) is 0 Å². The van der Waals surface area contributed by atoms with Crippen molar-refractivity contribution in [2.24, 2.45) is 13.0 Å². The molecule has 40 heavy (non-hydrogen) atoms. The van der Waals surface area contributed by atoms with Crippen molar-refractivity contribution in [3.8, 4) is 0 Å². The third kappa shape index (κ3) is 6.06. The van der Waals surface area contributed by atoms with Crippen LogP contribution in [0, 0.1) is 31.0 Å². The molecule has 0 bridgehead atoms. The van der Waals surface area contributed by atoms with E-state index in [1.165, 1.54) is 27.3 Å². The Labute approximate surface area is 231 Å². The van der Waals surface area contributed by atoms with Crippen LogP contribution < -0.4 is 5.32 Å². The minimum Gasteiger partial charge on any atom is -0.355 e. The fourth-order valence-corrected chi connectivity index (χ4v) is 6.49.